The van der Waals surface area contributed by atoms with Crippen LogP contribution in [0.15, 0.2) is 58.2 Å². The summed E-state index contributed by atoms with van der Waals surface area (Å²) in [6.45, 7) is 3.01. The lowest BCUT2D eigenvalue weighted by Crippen LogP contribution is -2.38. The average Bonchev–Trinajstić information content (AvgIpc) is 3.25. The molecule has 8 heteroatoms. The number of halogens is 2. The Balaban J connectivity index is 1.67. The monoisotopic (exact) mass is 495 g/mol. The minimum atomic E-state index is -0.912. The second-order valence-corrected chi connectivity index (χ2v) is 10.7. The number of pyridine rings is 1. The summed E-state index contributed by atoms with van der Waals surface area (Å²) in [4.78, 5) is 31.9. The van der Waals surface area contributed by atoms with Crippen molar-refractivity contribution < 1.29 is 13.6 Å². The highest BCUT2D eigenvalue weighted by Gasteiger charge is 2.34. The van der Waals surface area contributed by atoms with E-state index in [2.05, 4.69) is 4.90 Å². The van der Waals surface area contributed by atoms with Crippen LogP contribution in [0.2, 0.25) is 0 Å². The molecule has 1 aromatic heterocycles. The van der Waals surface area contributed by atoms with Crippen molar-refractivity contribution >= 4 is 17.7 Å². The fraction of sp³-hybridized carbons (Fsp3) is 0.333. The molecule has 35 heavy (non-hydrogen) atoms. The first kappa shape index (κ1) is 23.8. The number of likely N-dealkylation sites (N-methyl/N-ethyl adjacent to an activating group) is 1. The minimum absolute atomic E-state index is 0.167. The van der Waals surface area contributed by atoms with E-state index < -0.39 is 11.6 Å². The first-order valence-corrected chi connectivity index (χ1v) is 12.5. The van der Waals surface area contributed by atoms with Gasteiger partial charge in [0.15, 0.2) is 17.1 Å². The van der Waals surface area contributed by atoms with Crippen molar-refractivity contribution in [2.45, 2.75) is 36.0 Å². The van der Waals surface area contributed by atoms with Gasteiger partial charge in [-0.1, -0.05) is 18.2 Å². The standard InChI is InChI=1S/C27H27F2N3O2S/c1-16-12-23(33)26(27(34)31-11-10-18(15-31)30(2)3)22-14-25(17-8-9-19(28)20(29)13-17)35-24-7-5-4-6-21(24)32(16)22/h4-9,12-13,18,25H,10-11,14-15H2,1-3H3. The Kier molecular flexibility index (Phi) is 6.27. The van der Waals surface area contributed by atoms with Gasteiger partial charge in [0.25, 0.3) is 5.91 Å². The van der Waals surface area contributed by atoms with E-state index >= 15 is 0 Å². The highest BCUT2D eigenvalue weighted by molar-refractivity contribution is 7.99. The lowest BCUT2D eigenvalue weighted by molar-refractivity contribution is 0.0779. The third kappa shape index (κ3) is 4.29. The smallest absolute Gasteiger partial charge is 0.259 e. The largest absolute Gasteiger partial charge is 0.337 e. The van der Waals surface area contributed by atoms with Gasteiger partial charge >= 0.3 is 0 Å². The molecule has 2 atom stereocenters. The van der Waals surface area contributed by atoms with Crippen LogP contribution in [-0.2, 0) is 6.42 Å². The predicted octanol–water partition coefficient (Wildman–Crippen LogP) is 4.59. The number of aryl methyl sites for hydroxylation is 1. The summed E-state index contributed by atoms with van der Waals surface area (Å²) in [5.41, 5.74) is 2.68. The van der Waals surface area contributed by atoms with Gasteiger partial charge < -0.3 is 14.4 Å². The first-order chi connectivity index (χ1) is 16.7. The van der Waals surface area contributed by atoms with Crippen molar-refractivity contribution in [3.63, 3.8) is 0 Å². The molecule has 2 aliphatic rings. The molecule has 2 unspecified atom stereocenters. The van der Waals surface area contributed by atoms with E-state index in [4.69, 9.17) is 0 Å². The molecule has 3 aromatic rings. The minimum Gasteiger partial charge on any atom is -0.337 e. The molecule has 2 aromatic carbocycles. The van der Waals surface area contributed by atoms with Gasteiger partial charge in [-0.15, -0.1) is 11.8 Å². The zero-order valence-electron chi connectivity index (χ0n) is 19.9. The molecule has 0 N–H and O–H groups in total. The van der Waals surface area contributed by atoms with Crippen LogP contribution < -0.4 is 5.43 Å². The first-order valence-electron chi connectivity index (χ1n) is 11.7. The van der Waals surface area contributed by atoms with Gasteiger partial charge in [-0.2, -0.15) is 0 Å². The Morgan fingerprint density at radius 1 is 1.09 bits per heavy atom. The molecule has 0 saturated carbocycles. The summed E-state index contributed by atoms with van der Waals surface area (Å²) >= 11 is 1.53. The lowest BCUT2D eigenvalue weighted by atomic mass is 10.0. The number of carbonyl (C=O) groups excluding carboxylic acids is 1. The summed E-state index contributed by atoms with van der Waals surface area (Å²) in [5, 5.41) is -0.305. The number of para-hydroxylation sites is 1. The molecule has 5 rings (SSSR count). The zero-order chi connectivity index (χ0) is 24.9. The molecule has 3 heterocycles. The molecule has 0 radical (unpaired) electrons. The van der Waals surface area contributed by atoms with E-state index in [1.165, 1.54) is 23.9 Å². The van der Waals surface area contributed by atoms with E-state index in [0.29, 0.717) is 30.8 Å². The van der Waals surface area contributed by atoms with Gasteiger partial charge in [-0.25, -0.2) is 8.78 Å². The number of likely N-dealkylation sites (tertiary alicyclic amines) is 1. The van der Waals surface area contributed by atoms with Gasteiger partial charge in [0.05, 0.1) is 5.69 Å². The molecular weight excluding hydrogens is 468 g/mol. The van der Waals surface area contributed by atoms with Gasteiger partial charge in [0.2, 0.25) is 0 Å². The molecule has 182 valence electrons. The Morgan fingerprint density at radius 2 is 1.86 bits per heavy atom. The van der Waals surface area contributed by atoms with Crippen molar-refractivity contribution in [2.75, 3.05) is 27.2 Å². The van der Waals surface area contributed by atoms with E-state index in [1.807, 2.05) is 49.9 Å². The average molecular weight is 496 g/mol. The van der Waals surface area contributed by atoms with Crippen molar-refractivity contribution in [3.8, 4) is 5.69 Å². The van der Waals surface area contributed by atoms with Crippen molar-refractivity contribution in [1.82, 2.24) is 14.4 Å². The van der Waals surface area contributed by atoms with Crippen molar-refractivity contribution in [3.05, 3.63) is 92.9 Å². The summed E-state index contributed by atoms with van der Waals surface area (Å²) in [7, 11) is 3.98. The van der Waals surface area contributed by atoms with E-state index in [0.717, 1.165) is 28.8 Å². The summed E-state index contributed by atoms with van der Waals surface area (Å²) in [5.74, 6) is -2.08. The molecule has 1 amide bonds. The molecule has 2 aliphatic heterocycles. The normalized spacial score (nSPS) is 19.4. The number of fused-ring (bicyclic) bond motifs is 3. The number of thioether (sulfide) groups is 1. The molecule has 0 spiro atoms. The quantitative estimate of drug-likeness (QED) is 0.533. The van der Waals surface area contributed by atoms with Gasteiger partial charge in [-0.05, 0) is 57.3 Å². The third-order valence-corrected chi connectivity index (χ3v) is 8.28. The van der Waals surface area contributed by atoms with E-state index in [9.17, 15) is 18.4 Å². The second-order valence-electron chi connectivity index (χ2n) is 9.42. The van der Waals surface area contributed by atoms with Crippen LogP contribution in [0.25, 0.3) is 5.69 Å². The molecule has 0 aliphatic carbocycles. The van der Waals surface area contributed by atoms with Crippen LogP contribution in [-0.4, -0.2) is 53.5 Å². The maximum absolute atomic E-state index is 14.2. The third-order valence-electron chi connectivity index (χ3n) is 6.96. The number of amides is 1. The van der Waals surface area contributed by atoms with Crippen LogP contribution in [0.1, 0.15) is 39.0 Å². The van der Waals surface area contributed by atoms with Crippen LogP contribution in [0.4, 0.5) is 8.78 Å². The van der Waals surface area contributed by atoms with Gasteiger partial charge in [0, 0.05) is 53.2 Å². The molecule has 1 fully saturated rings. The number of aromatic nitrogens is 1. The Bertz CT molecular complexity index is 1370. The van der Waals surface area contributed by atoms with Crippen molar-refractivity contribution in [2.24, 2.45) is 0 Å². The second kappa shape index (κ2) is 9.24. The molecule has 1 saturated heterocycles. The van der Waals surface area contributed by atoms with Gasteiger partial charge in [0.1, 0.15) is 5.56 Å². The molecule has 0 bridgehead atoms. The summed E-state index contributed by atoms with van der Waals surface area (Å²) in [6, 6.07) is 13.5. The highest BCUT2D eigenvalue weighted by atomic mass is 32.2. The number of carbonyl (C=O) groups is 1. The number of rotatable bonds is 3. The number of hydrogen-bond acceptors (Lipinski definition) is 4. The number of benzene rings is 2. The fourth-order valence-corrected chi connectivity index (χ4v) is 6.34. The van der Waals surface area contributed by atoms with Crippen LogP contribution in [0.5, 0.6) is 0 Å². The number of hydrogen-bond donors (Lipinski definition) is 0. The maximum atomic E-state index is 14.2. The topological polar surface area (TPSA) is 45.6 Å². The molecule has 5 nitrogen and oxygen atoms in total. The predicted molar refractivity (Wildman–Crippen MR) is 133 cm³/mol. The SMILES string of the molecule is Cc1cc(=O)c(C(=O)N2CCC(N(C)C)C2)c2n1-c1ccccc1SC(c1ccc(F)c(F)c1)C2. The number of nitrogens with zero attached hydrogens (tertiary/aromatic N) is 3. The van der Waals surface area contributed by atoms with Crippen molar-refractivity contribution in [1.29, 1.82) is 0 Å². The van der Waals surface area contributed by atoms with E-state index in [1.54, 1.807) is 11.0 Å². The summed E-state index contributed by atoms with van der Waals surface area (Å²) < 4.78 is 29.8. The highest BCUT2D eigenvalue weighted by Crippen LogP contribution is 2.44. The van der Waals surface area contributed by atoms with Crippen LogP contribution in [0.3, 0.4) is 0 Å². The van der Waals surface area contributed by atoms with Crippen LogP contribution in [0, 0.1) is 18.6 Å². The maximum Gasteiger partial charge on any atom is 0.259 e. The Labute approximate surface area is 207 Å². The Morgan fingerprint density at radius 3 is 2.57 bits per heavy atom. The van der Waals surface area contributed by atoms with Gasteiger partial charge in [-0.3, -0.25) is 9.59 Å². The van der Waals surface area contributed by atoms with E-state index in [-0.39, 0.29) is 28.2 Å². The molecular formula is C27H27F2N3O2S. The lowest BCUT2D eigenvalue weighted by Gasteiger charge is -2.24. The fourth-order valence-electron chi connectivity index (χ4n) is 5.07. The summed E-state index contributed by atoms with van der Waals surface area (Å²) in [6.07, 6.45) is 1.18. The zero-order valence-corrected chi connectivity index (χ0v) is 20.7. The van der Waals surface area contributed by atoms with Crippen LogP contribution >= 0.6 is 11.8 Å². The Hall–Kier alpha value is -2.97.